The lowest BCUT2D eigenvalue weighted by Crippen LogP contribution is -2.54. The molecule has 0 spiro atoms. The number of aliphatic carboxylic acids is 1. The molecule has 5 N–H and O–H groups in total. The Kier molecular flexibility index (Phi) is 22.4. The lowest BCUT2D eigenvalue weighted by Gasteiger charge is -2.27. The summed E-state index contributed by atoms with van der Waals surface area (Å²) in [7, 11) is 0. The number of aromatic nitrogens is 1. The van der Waals surface area contributed by atoms with Crippen LogP contribution in [0.3, 0.4) is 0 Å². The molecule has 0 bridgehead atoms. The fourth-order valence-electron chi connectivity index (χ4n) is 9.64. The van der Waals surface area contributed by atoms with E-state index >= 15 is 0 Å². The average Bonchev–Trinajstić information content (AvgIpc) is 4.17. The number of Topliss-reactive ketones (excluding diaryl/α,β-unsaturated/α-hetero) is 1. The van der Waals surface area contributed by atoms with Gasteiger partial charge in [-0.15, -0.1) is 0 Å². The van der Waals surface area contributed by atoms with Gasteiger partial charge in [-0.3, -0.25) is 39.0 Å². The van der Waals surface area contributed by atoms with Crippen LogP contribution in [-0.4, -0.2) is 158 Å². The summed E-state index contributed by atoms with van der Waals surface area (Å²) in [5, 5.41) is 35.7. The van der Waals surface area contributed by atoms with Crippen molar-refractivity contribution in [2.45, 2.75) is 83.1 Å². The molecule has 1 aromatic heterocycles. The van der Waals surface area contributed by atoms with E-state index in [1.807, 2.05) is 60.9 Å². The van der Waals surface area contributed by atoms with Gasteiger partial charge in [0.1, 0.15) is 24.2 Å². The number of hydrogen-bond donors (Lipinski definition) is 5. The zero-order valence-corrected chi connectivity index (χ0v) is 44.5. The number of nitrogens with zero attached hydrogens (tertiary/aromatic N) is 2. The molecular formula is C59H69FN4O15. The van der Waals surface area contributed by atoms with Crippen LogP contribution in [0.15, 0.2) is 97.1 Å². The first-order valence-electron chi connectivity index (χ1n) is 26.6. The Labute approximate surface area is 457 Å². The van der Waals surface area contributed by atoms with Crippen LogP contribution in [0.4, 0.5) is 10.1 Å². The second-order valence-corrected chi connectivity index (χ2v) is 19.3. The molecule has 7 rings (SSSR count). The Balaban J connectivity index is 0.772. The third-order valence-corrected chi connectivity index (χ3v) is 13.3. The van der Waals surface area contributed by atoms with E-state index in [2.05, 4.69) is 10.6 Å². The summed E-state index contributed by atoms with van der Waals surface area (Å²) in [4.78, 5) is 77.1. The normalized spacial score (nSPS) is 15.1. The molecule has 3 heterocycles. The quantitative estimate of drug-likeness (QED) is 0.0168. The molecule has 1 unspecified atom stereocenters. The van der Waals surface area contributed by atoms with E-state index in [4.69, 9.17) is 33.5 Å². The Morgan fingerprint density at radius 3 is 1.94 bits per heavy atom. The summed E-state index contributed by atoms with van der Waals surface area (Å²) in [5.41, 5.74) is 5.71. The van der Waals surface area contributed by atoms with Crippen molar-refractivity contribution in [1.29, 1.82) is 0 Å². The van der Waals surface area contributed by atoms with Gasteiger partial charge in [-0.2, -0.15) is 0 Å². The number of benzene rings is 4. The number of amides is 4. The van der Waals surface area contributed by atoms with E-state index in [0.29, 0.717) is 113 Å². The van der Waals surface area contributed by atoms with Gasteiger partial charge in [-0.1, -0.05) is 62.4 Å². The predicted molar refractivity (Wildman–Crippen MR) is 289 cm³/mol. The molecule has 0 saturated carbocycles. The fraction of sp³-hybridized carbons (Fsp3) is 0.424. The maximum absolute atomic E-state index is 14.7. The zero-order chi connectivity index (χ0) is 56.3. The van der Waals surface area contributed by atoms with E-state index in [1.54, 1.807) is 36.4 Å². The highest BCUT2D eigenvalue weighted by molar-refractivity contribution is 6.25. The Morgan fingerprint density at radius 1 is 0.709 bits per heavy atom. The lowest BCUT2D eigenvalue weighted by molar-refractivity contribution is -0.140. The Hall–Kier alpha value is -7.17. The van der Waals surface area contributed by atoms with Crippen molar-refractivity contribution in [3.63, 3.8) is 0 Å². The van der Waals surface area contributed by atoms with Crippen LogP contribution < -0.4 is 15.4 Å². The van der Waals surface area contributed by atoms with Gasteiger partial charge >= 0.3 is 5.97 Å². The first-order chi connectivity index (χ1) is 38.2. The average molecular weight is 1090 g/mol. The van der Waals surface area contributed by atoms with Crippen LogP contribution in [0, 0.1) is 5.82 Å². The maximum Gasteiger partial charge on any atom is 0.305 e. The third-order valence-electron chi connectivity index (χ3n) is 13.3. The number of nitrogens with one attached hydrogen (secondary N) is 2. The number of imide groups is 2. The van der Waals surface area contributed by atoms with Gasteiger partial charge in [0.25, 0.3) is 11.8 Å². The van der Waals surface area contributed by atoms with Gasteiger partial charge in [0.2, 0.25) is 11.8 Å². The number of carboxylic acids is 1. The van der Waals surface area contributed by atoms with Gasteiger partial charge in [-0.25, -0.2) is 4.39 Å². The fourth-order valence-corrected chi connectivity index (χ4v) is 9.64. The molecule has 20 heteroatoms. The van der Waals surface area contributed by atoms with Crippen LogP contribution in [0.1, 0.15) is 94.2 Å². The standard InChI is InChI=1S/C59H69FN4O15/c1-38(2)55-54(52(40-7-4-3-5-8-40)56(41-13-15-42(60)16-14-41)63(55)23-21-43(65)36-44(66)37-51(69)70)49(67)35-39-11-17-45(18-12-39)79-34-33-78-32-31-77-30-29-76-28-27-75-26-25-74-24-22-61-47-10-6-9-46-53(47)59(73)64(58(46)72)48-19-20-50(68)62-57(48)71/h3-18,38,43-44,48,61,65-66H,19-37H2,1-2H3,(H,69,70)(H,62,68,71)/t43-,44-,48?/m1/s1. The number of hydrogen-bond acceptors (Lipinski definition) is 15. The van der Waals surface area contributed by atoms with Gasteiger partial charge in [-0.05, 0) is 90.4 Å². The van der Waals surface area contributed by atoms with Crippen molar-refractivity contribution in [1.82, 2.24) is 14.8 Å². The van der Waals surface area contributed by atoms with Crippen LogP contribution >= 0.6 is 0 Å². The number of aliphatic hydroxyl groups excluding tert-OH is 2. The monoisotopic (exact) mass is 1090 g/mol. The molecule has 422 valence electrons. The second-order valence-electron chi connectivity index (χ2n) is 19.3. The van der Waals surface area contributed by atoms with E-state index in [-0.39, 0.29) is 61.5 Å². The van der Waals surface area contributed by atoms with Gasteiger partial charge < -0.3 is 53.6 Å². The SMILES string of the molecule is CC(C)c1c(C(=O)Cc2ccc(OCCOCCOCCOCCOCCOCCNc3cccc4c3C(=O)N(C3CCC(=O)NC3=O)C4=O)cc2)c(-c2ccccc2)c(-c2ccc(F)cc2)n1CC[C@@H](O)C[C@@H](O)CC(=O)O. The molecule has 2 aliphatic rings. The molecule has 0 aliphatic carbocycles. The number of carboxylic acid groups (broad SMARTS) is 1. The van der Waals surface area contributed by atoms with E-state index in [0.717, 1.165) is 21.7 Å². The number of ether oxygens (including phenoxy) is 6. The summed E-state index contributed by atoms with van der Waals surface area (Å²) in [6.07, 6.45) is -2.50. The number of carbonyl (C=O) groups excluding carboxylic acids is 5. The van der Waals surface area contributed by atoms with E-state index < -0.39 is 60.1 Å². The minimum Gasteiger partial charge on any atom is -0.491 e. The van der Waals surface area contributed by atoms with E-state index in [9.17, 15) is 43.4 Å². The molecule has 4 amide bonds. The van der Waals surface area contributed by atoms with Gasteiger partial charge in [0.05, 0.1) is 102 Å². The van der Waals surface area contributed by atoms with Crippen LogP contribution in [0.5, 0.6) is 5.75 Å². The molecule has 1 fully saturated rings. The van der Waals surface area contributed by atoms with E-state index in [1.165, 1.54) is 18.2 Å². The number of rotatable bonds is 34. The molecule has 19 nitrogen and oxygen atoms in total. The van der Waals surface area contributed by atoms with Crippen molar-refractivity contribution < 1.29 is 76.9 Å². The smallest absolute Gasteiger partial charge is 0.305 e. The van der Waals surface area contributed by atoms with Crippen molar-refractivity contribution in [3.05, 3.63) is 131 Å². The highest BCUT2D eigenvalue weighted by Crippen LogP contribution is 2.43. The van der Waals surface area contributed by atoms with Gasteiger partial charge in [0.15, 0.2) is 5.78 Å². The minimum absolute atomic E-state index is 0.0462. The summed E-state index contributed by atoms with van der Waals surface area (Å²) in [6.45, 7) is 8.43. The summed E-state index contributed by atoms with van der Waals surface area (Å²) in [5.74, 6) is -3.50. The Bertz CT molecular complexity index is 2860. The molecular weight excluding hydrogens is 1020 g/mol. The molecule has 1 saturated heterocycles. The molecule has 0 radical (unpaired) electrons. The maximum atomic E-state index is 14.7. The lowest BCUT2D eigenvalue weighted by atomic mass is 9.90. The first kappa shape index (κ1) is 59.5. The highest BCUT2D eigenvalue weighted by atomic mass is 19.1. The summed E-state index contributed by atoms with van der Waals surface area (Å²) in [6, 6.07) is 26.7. The summed E-state index contributed by atoms with van der Waals surface area (Å²) >= 11 is 0. The number of carbonyl (C=O) groups is 6. The number of anilines is 1. The largest absolute Gasteiger partial charge is 0.491 e. The van der Waals surface area contributed by atoms with Crippen LogP contribution in [-0.2, 0) is 51.0 Å². The molecule has 79 heavy (non-hydrogen) atoms. The number of fused-ring (bicyclic) bond motifs is 1. The molecule has 5 aromatic rings. The molecule has 2 aliphatic heterocycles. The highest BCUT2D eigenvalue weighted by Gasteiger charge is 2.45. The van der Waals surface area contributed by atoms with Gasteiger partial charge in [0, 0.05) is 48.4 Å². The molecule has 4 aromatic carbocycles. The van der Waals surface area contributed by atoms with Crippen molar-refractivity contribution in [2.24, 2.45) is 0 Å². The number of halogens is 1. The first-order valence-corrected chi connectivity index (χ1v) is 26.6. The molecule has 3 atom stereocenters. The predicted octanol–water partition coefficient (Wildman–Crippen LogP) is 6.46. The zero-order valence-electron chi connectivity index (χ0n) is 44.5. The van der Waals surface area contributed by atoms with Crippen LogP contribution in [0.2, 0.25) is 0 Å². The van der Waals surface area contributed by atoms with Crippen LogP contribution in [0.25, 0.3) is 22.4 Å². The Morgan fingerprint density at radius 2 is 1.33 bits per heavy atom. The third kappa shape index (κ3) is 16.4. The summed E-state index contributed by atoms with van der Waals surface area (Å²) < 4.78 is 50.3. The topological polar surface area (TPSA) is 251 Å². The minimum atomic E-state index is -1.22. The number of aliphatic hydroxyl groups is 2. The second kappa shape index (κ2) is 29.7. The number of ketones is 1. The van der Waals surface area contributed by atoms with Crippen molar-refractivity contribution >= 4 is 41.1 Å². The van der Waals surface area contributed by atoms with Crippen molar-refractivity contribution in [3.8, 4) is 28.1 Å². The van der Waals surface area contributed by atoms with Crippen molar-refractivity contribution in [2.75, 3.05) is 84.5 Å². The number of piperidine rings is 1.